The summed E-state index contributed by atoms with van der Waals surface area (Å²) in [5, 5.41) is 7.00. The zero-order chi connectivity index (χ0) is 19.6. The average molecular weight is 502 g/mol. The van der Waals surface area contributed by atoms with Gasteiger partial charge in [0.05, 0.1) is 6.54 Å². The number of likely N-dealkylation sites (tertiary alicyclic amines) is 1. The van der Waals surface area contributed by atoms with Crippen LogP contribution >= 0.6 is 24.0 Å². The van der Waals surface area contributed by atoms with Crippen LogP contribution in [0, 0.1) is 0 Å². The van der Waals surface area contributed by atoms with E-state index in [4.69, 9.17) is 4.99 Å². The number of aromatic nitrogens is 1. The van der Waals surface area contributed by atoms with Crippen LogP contribution in [0.25, 0.3) is 0 Å². The van der Waals surface area contributed by atoms with Crippen molar-refractivity contribution < 1.29 is 0 Å². The number of hydrogen-bond donors (Lipinski definition) is 2. The number of aliphatic imine (C=N–C) groups is 1. The fourth-order valence-electron chi connectivity index (χ4n) is 3.49. The second kappa shape index (κ2) is 13.2. The smallest absolute Gasteiger partial charge is 0.191 e. The molecule has 1 aromatic rings. The van der Waals surface area contributed by atoms with E-state index < -0.39 is 0 Å². The van der Waals surface area contributed by atoms with Crippen molar-refractivity contribution in [3.05, 3.63) is 23.9 Å². The lowest BCUT2D eigenvalue weighted by molar-refractivity contribution is 0.167. The van der Waals surface area contributed by atoms with Crippen molar-refractivity contribution >= 4 is 35.8 Å². The summed E-state index contributed by atoms with van der Waals surface area (Å²) in [6, 6.07) is 5.37. The number of guanidine groups is 1. The van der Waals surface area contributed by atoms with Crippen molar-refractivity contribution in [3.63, 3.8) is 0 Å². The molecule has 0 radical (unpaired) electrons. The van der Waals surface area contributed by atoms with Gasteiger partial charge in [-0.3, -0.25) is 0 Å². The third kappa shape index (κ3) is 7.73. The zero-order valence-corrected chi connectivity index (χ0v) is 20.6. The van der Waals surface area contributed by atoms with Gasteiger partial charge in [-0.2, -0.15) is 0 Å². The molecule has 2 N–H and O–H groups in total. The minimum Gasteiger partial charge on any atom is -0.357 e. The zero-order valence-electron chi connectivity index (χ0n) is 18.2. The van der Waals surface area contributed by atoms with E-state index in [0.29, 0.717) is 18.6 Å². The first kappa shape index (κ1) is 24.9. The summed E-state index contributed by atoms with van der Waals surface area (Å²) < 4.78 is 0. The normalized spacial score (nSPS) is 16.0. The molecule has 1 aliphatic rings. The van der Waals surface area contributed by atoms with Gasteiger partial charge in [0.1, 0.15) is 5.82 Å². The van der Waals surface area contributed by atoms with Gasteiger partial charge in [0.2, 0.25) is 0 Å². The molecular formula is C21H39IN6. The van der Waals surface area contributed by atoms with E-state index in [1.807, 2.05) is 6.20 Å². The van der Waals surface area contributed by atoms with Crippen molar-refractivity contribution in [2.75, 3.05) is 37.6 Å². The van der Waals surface area contributed by atoms with Crippen LogP contribution in [0.1, 0.15) is 53.0 Å². The number of anilines is 1. The van der Waals surface area contributed by atoms with Crippen LogP contribution in [0.2, 0.25) is 0 Å². The molecule has 0 saturated carbocycles. The lowest BCUT2D eigenvalue weighted by Gasteiger charge is -2.35. The molecule has 0 aliphatic carbocycles. The molecule has 2 heterocycles. The summed E-state index contributed by atoms with van der Waals surface area (Å²) in [5.41, 5.74) is 1.14. The van der Waals surface area contributed by atoms with Crippen LogP contribution in [0.5, 0.6) is 0 Å². The van der Waals surface area contributed by atoms with Crippen LogP contribution in [0.15, 0.2) is 23.3 Å². The van der Waals surface area contributed by atoms with Crippen LogP contribution in [-0.4, -0.2) is 60.7 Å². The Kier molecular flexibility index (Phi) is 11.8. The van der Waals surface area contributed by atoms with Crippen molar-refractivity contribution in [3.8, 4) is 0 Å². The number of halogens is 1. The number of rotatable bonds is 8. The first-order valence-corrected chi connectivity index (χ1v) is 10.6. The molecule has 1 aromatic heterocycles. The summed E-state index contributed by atoms with van der Waals surface area (Å²) in [5.74, 6) is 1.95. The molecule has 0 amide bonds. The fourth-order valence-corrected chi connectivity index (χ4v) is 3.49. The van der Waals surface area contributed by atoms with Gasteiger partial charge < -0.3 is 20.4 Å². The van der Waals surface area contributed by atoms with Crippen LogP contribution in [0.4, 0.5) is 5.82 Å². The van der Waals surface area contributed by atoms with Gasteiger partial charge in [-0.1, -0.05) is 6.07 Å². The topological polar surface area (TPSA) is 55.8 Å². The van der Waals surface area contributed by atoms with E-state index >= 15 is 0 Å². The summed E-state index contributed by atoms with van der Waals surface area (Å²) in [4.78, 5) is 14.2. The molecule has 1 saturated heterocycles. The monoisotopic (exact) mass is 502 g/mol. The summed E-state index contributed by atoms with van der Waals surface area (Å²) in [6.07, 6.45) is 4.28. The molecule has 0 spiro atoms. The first-order valence-electron chi connectivity index (χ1n) is 10.6. The maximum Gasteiger partial charge on any atom is 0.191 e. The molecule has 0 unspecified atom stereocenters. The number of nitrogens with zero attached hydrogens (tertiary/aromatic N) is 4. The molecule has 2 rings (SSSR count). The van der Waals surface area contributed by atoms with Gasteiger partial charge in [0, 0.05) is 51.0 Å². The molecule has 0 atom stereocenters. The molecule has 1 fully saturated rings. The van der Waals surface area contributed by atoms with E-state index in [-0.39, 0.29) is 24.0 Å². The summed E-state index contributed by atoms with van der Waals surface area (Å²) in [6.45, 7) is 16.8. The van der Waals surface area contributed by atoms with E-state index in [2.05, 4.69) is 72.2 Å². The van der Waals surface area contributed by atoms with E-state index in [1.165, 1.54) is 12.8 Å². The van der Waals surface area contributed by atoms with Gasteiger partial charge in [-0.25, -0.2) is 9.98 Å². The Bertz CT molecular complexity index is 563. The Labute approximate surface area is 188 Å². The number of nitrogens with one attached hydrogen (secondary N) is 2. The fraction of sp³-hybridized carbons (Fsp3) is 0.714. The van der Waals surface area contributed by atoms with Crippen molar-refractivity contribution in [2.45, 2.75) is 66.1 Å². The minimum absolute atomic E-state index is 0. The lowest BCUT2D eigenvalue weighted by Crippen LogP contribution is -2.49. The largest absolute Gasteiger partial charge is 0.357 e. The maximum atomic E-state index is 4.77. The van der Waals surface area contributed by atoms with Gasteiger partial charge in [0.15, 0.2) is 5.96 Å². The SMILES string of the molecule is CCNC(=NCc1ccc(N(CC)CC)nc1)NC1CCN(C(C)C)CC1.I. The molecule has 28 heavy (non-hydrogen) atoms. The quantitative estimate of drug-likeness (QED) is 0.324. The molecule has 0 bridgehead atoms. The van der Waals surface area contributed by atoms with E-state index in [0.717, 1.165) is 50.1 Å². The van der Waals surface area contributed by atoms with Gasteiger partial charge in [-0.15, -0.1) is 24.0 Å². The molecule has 6 nitrogen and oxygen atoms in total. The van der Waals surface area contributed by atoms with E-state index in [1.54, 1.807) is 0 Å². The minimum atomic E-state index is 0. The number of hydrogen-bond acceptors (Lipinski definition) is 4. The summed E-state index contributed by atoms with van der Waals surface area (Å²) >= 11 is 0. The third-order valence-electron chi connectivity index (χ3n) is 5.26. The molecule has 7 heteroatoms. The average Bonchev–Trinajstić information content (AvgIpc) is 2.68. The Hall–Kier alpha value is -1.09. The van der Waals surface area contributed by atoms with Gasteiger partial charge >= 0.3 is 0 Å². The molecule has 0 aromatic carbocycles. The number of pyridine rings is 1. The van der Waals surface area contributed by atoms with Crippen molar-refractivity contribution in [2.24, 2.45) is 4.99 Å². The third-order valence-corrected chi connectivity index (χ3v) is 5.26. The van der Waals surface area contributed by atoms with Gasteiger partial charge in [0.25, 0.3) is 0 Å². The Morgan fingerprint density at radius 3 is 2.39 bits per heavy atom. The highest BCUT2D eigenvalue weighted by Gasteiger charge is 2.21. The first-order chi connectivity index (χ1) is 13.1. The van der Waals surface area contributed by atoms with Crippen LogP contribution in [0.3, 0.4) is 0 Å². The van der Waals surface area contributed by atoms with Gasteiger partial charge in [-0.05, 0) is 59.1 Å². The predicted octanol–water partition coefficient (Wildman–Crippen LogP) is 3.47. The lowest BCUT2D eigenvalue weighted by atomic mass is 10.0. The Balaban J connectivity index is 0.00000392. The van der Waals surface area contributed by atoms with Crippen molar-refractivity contribution in [1.82, 2.24) is 20.5 Å². The Morgan fingerprint density at radius 2 is 1.89 bits per heavy atom. The maximum absolute atomic E-state index is 4.77. The Morgan fingerprint density at radius 1 is 1.21 bits per heavy atom. The van der Waals surface area contributed by atoms with Crippen molar-refractivity contribution in [1.29, 1.82) is 0 Å². The highest BCUT2D eigenvalue weighted by Crippen LogP contribution is 2.13. The molecule has 160 valence electrons. The molecular weight excluding hydrogens is 463 g/mol. The van der Waals surface area contributed by atoms with Crippen LogP contribution in [-0.2, 0) is 6.54 Å². The van der Waals surface area contributed by atoms with E-state index in [9.17, 15) is 0 Å². The highest BCUT2D eigenvalue weighted by atomic mass is 127. The number of piperidine rings is 1. The van der Waals surface area contributed by atoms with Crippen LogP contribution < -0.4 is 15.5 Å². The molecule has 1 aliphatic heterocycles. The standard InChI is InChI=1S/C21H38N6.HI/c1-6-22-21(25-19-11-13-27(14-12-19)17(4)5)24-16-18-9-10-20(23-15-18)26(7-2)8-3;/h9-10,15,17,19H,6-8,11-14,16H2,1-5H3,(H2,22,24,25);1H. The summed E-state index contributed by atoms with van der Waals surface area (Å²) in [7, 11) is 0. The second-order valence-corrected chi connectivity index (χ2v) is 7.44. The second-order valence-electron chi connectivity index (χ2n) is 7.44. The highest BCUT2D eigenvalue weighted by molar-refractivity contribution is 14.0. The predicted molar refractivity (Wildman–Crippen MR) is 131 cm³/mol.